The van der Waals surface area contributed by atoms with Crippen LogP contribution in [-0.4, -0.2) is 32.2 Å². The molecule has 0 aliphatic rings. The molecule has 0 N–H and O–H groups in total. The van der Waals surface area contributed by atoms with Crippen LogP contribution in [0.4, 0.5) is 0 Å². The van der Waals surface area contributed by atoms with Crippen molar-refractivity contribution in [3.05, 3.63) is 22.0 Å². The fourth-order valence-electron chi connectivity index (χ4n) is 2.14. The number of rotatable bonds is 3. The van der Waals surface area contributed by atoms with Crippen LogP contribution in [0.1, 0.15) is 32.9 Å². The first kappa shape index (κ1) is 14.5. The molecule has 2 aromatic heterocycles. The molecule has 0 aromatic carbocycles. The van der Waals surface area contributed by atoms with Gasteiger partial charge >= 0.3 is 11.7 Å². The van der Waals surface area contributed by atoms with Crippen LogP contribution in [0.3, 0.4) is 0 Å². The van der Waals surface area contributed by atoms with E-state index in [2.05, 4.69) is 14.7 Å². The number of fused-ring (bicyclic) bond motifs is 1. The lowest BCUT2D eigenvalue weighted by Gasteiger charge is -2.11. The van der Waals surface area contributed by atoms with Crippen molar-refractivity contribution in [2.75, 3.05) is 7.11 Å². The lowest BCUT2D eigenvalue weighted by atomic mass is 10.3. The number of nitrogens with zero attached hydrogens (tertiary/aromatic N) is 4. The molecule has 0 aliphatic heterocycles. The minimum absolute atomic E-state index is 0.123. The summed E-state index contributed by atoms with van der Waals surface area (Å²) >= 11 is 6.07. The molecule has 0 saturated carbocycles. The van der Waals surface area contributed by atoms with Gasteiger partial charge in [-0.05, 0) is 20.8 Å². The molecule has 2 aromatic rings. The summed E-state index contributed by atoms with van der Waals surface area (Å²) in [4.78, 5) is 32.2. The number of hydrogen-bond donors (Lipinski definition) is 0. The van der Waals surface area contributed by atoms with E-state index in [-0.39, 0.29) is 16.9 Å². The zero-order valence-corrected chi connectivity index (χ0v) is 12.4. The summed E-state index contributed by atoms with van der Waals surface area (Å²) < 4.78 is 7.43. The third kappa shape index (κ3) is 2.07. The average Bonchev–Trinajstić information content (AvgIpc) is 2.70. The number of esters is 1. The Labute approximate surface area is 120 Å². The fraction of sp³-hybridized carbons (Fsp3) is 0.500. The Morgan fingerprint density at radius 1 is 1.30 bits per heavy atom. The predicted molar refractivity (Wildman–Crippen MR) is 73.9 cm³/mol. The van der Waals surface area contributed by atoms with Gasteiger partial charge in [-0.2, -0.15) is 0 Å². The average molecular weight is 299 g/mol. The fourth-order valence-corrected chi connectivity index (χ4v) is 2.35. The Morgan fingerprint density at radius 3 is 2.50 bits per heavy atom. The van der Waals surface area contributed by atoms with Crippen molar-refractivity contribution >= 4 is 28.7 Å². The molecule has 1 atom stereocenters. The van der Waals surface area contributed by atoms with Crippen molar-refractivity contribution in [3.8, 4) is 0 Å². The van der Waals surface area contributed by atoms with Crippen molar-refractivity contribution in [3.63, 3.8) is 0 Å². The molecule has 2 rings (SSSR count). The van der Waals surface area contributed by atoms with Gasteiger partial charge in [0.15, 0.2) is 10.8 Å². The Bertz CT molecular complexity index is 719. The highest BCUT2D eigenvalue weighted by molar-refractivity contribution is 6.33. The van der Waals surface area contributed by atoms with Crippen molar-refractivity contribution in [2.45, 2.75) is 32.9 Å². The van der Waals surface area contributed by atoms with Gasteiger partial charge in [-0.3, -0.25) is 9.13 Å². The molecule has 108 valence electrons. The summed E-state index contributed by atoms with van der Waals surface area (Å²) in [5, 5.41) is 0.127. The van der Waals surface area contributed by atoms with Gasteiger partial charge in [0.05, 0.1) is 7.11 Å². The van der Waals surface area contributed by atoms with Gasteiger partial charge in [-0.25, -0.2) is 19.6 Å². The van der Waals surface area contributed by atoms with E-state index in [1.54, 1.807) is 6.92 Å². The molecule has 0 bridgehead atoms. The quantitative estimate of drug-likeness (QED) is 0.634. The number of methoxy groups -OCH3 is 1. The molecule has 20 heavy (non-hydrogen) atoms. The Kier molecular flexibility index (Phi) is 3.80. The first-order chi connectivity index (χ1) is 9.40. The second-order valence-electron chi connectivity index (χ2n) is 4.65. The number of carbonyl (C=O) groups is 1. The van der Waals surface area contributed by atoms with Crippen LogP contribution in [0.15, 0.2) is 11.1 Å². The highest BCUT2D eigenvalue weighted by Gasteiger charge is 2.26. The summed E-state index contributed by atoms with van der Waals surface area (Å²) in [5.74, 6) is -0.533. The van der Waals surface area contributed by atoms with Crippen molar-refractivity contribution < 1.29 is 9.53 Å². The van der Waals surface area contributed by atoms with Crippen LogP contribution in [0, 0.1) is 0 Å². The number of hydrogen-bond acceptors (Lipinski definition) is 5. The van der Waals surface area contributed by atoms with Crippen molar-refractivity contribution in [1.29, 1.82) is 0 Å². The van der Waals surface area contributed by atoms with Gasteiger partial charge in [-0.1, -0.05) is 11.6 Å². The minimum atomic E-state index is -0.807. The van der Waals surface area contributed by atoms with E-state index in [1.807, 2.05) is 13.8 Å². The van der Waals surface area contributed by atoms with Crippen LogP contribution in [0.25, 0.3) is 11.2 Å². The monoisotopic (exact) mass is 298 g/mol. The van der Waals surface area contributed by atoms with Crippen LogP contribution >= 0.6 is 11.6 Å². The van der Waals surface area contributed by atoms with E-state index >= 15 is 0 Å². The third-order valence-electron chi connectivity index (χ3n) is 3.09. The van der Waals surface area contributed by atoms with Gasteiger partial charge in [0.25, 0.3) is 0 Å². The maximum absolute atomic E-state index is 12.5. The zero-order chi connectivity index (χ0) is 15.0. The molecule has 8 heteroatoms. The summed E-state index contributed by atoms with van der Waals surface area (Å²) in [6, 6.07) is -0.930. The van der Waals surface area contributed by atoms with Crippen molar-refractivity contribution in [2.24, 2.45) is 0 Å². The lowest BCUT2D eigenvalue weighted by Crippen LogP contribution is -2.31. The lowest BCUT2D eigenvalue weighted by molar-refractivity contribution is -0.144. The van der Waals surface area contributed by atoms with Crippen molar-refractivity contribution in [1.82, 2.24) is 19.1 Å². The number of carbonyl (C=O) groups excluding carboxylic acids is 1. The van der Waals surface area contributed by atoms with Gasteiger partial charge in [0.1, 0.15) is 17.9 Å². The molecule has 0 fully saturated rings. The van der Waals surface area contributed by atoms with E-state index in [0.717, 1.165) is 0 Å². The first-order valence-electron chi connectivity index (χ1n) is 6.10. The SMILES string of the molecule is COC(=O)C(C)n1c(=O)n(C(C)C)c2ncnc(Cl)c21. The Balaban J connectivity index is 2.87. The van der Waals surface area contributed by atoms with Crippen LogP contribution in [0.5, 0.6) is 0 Å². The molecule has 0 spiro atoms. The van der Waals surface area contributed by atoms with E-state index in [4.69, 9.17) is 11.6 Å². The van der Waals surface area contributed by atoms with E-state index < -0.39 is 12.0 Å². The van der Waals surface area contributed by atoms with Gasteiger partial charge < -0.3 is 4.74 Å². The summed E-state index contributed by atoms with van der Waals surface area (Å²) in [5.41, 5.74) is 0.377. The Morgan fingerprint density at radius 2 is 1.95 bits per heavy atom. The Hall–Kier alpha value is -1.89. The second kappa shape index (κ2) is 5.24. The number of halogens is 1. The van der Waals surface area contributed by atoms with E-state index in [0.29, 0.717) is 11.2 Å². The van der Waals surface area contributed by atoms with Crippen LogP contribution < -0.4 is 5.69 Å². The minimum Gasteiger partial charge on any atom is -0.467 e. The van der Waals surface area contributed by atoms with Crippen LogP contribution in [0.2, 0.25) is 5.15 Å². The summed E-state index contributed by atoms with van der Waals surface area (Å²) in [6.45, 7) is 5.27. The van der Waals surface area contributed by atoms with Gasteiger partial charge in [0, 0.05) is 6.04 Å². The largest absolute Gasteiger partial charge is 0.467 e. The number of aromatic nitrogens is 4. The number of imidazole rings is 1. The van der Waals surface area contributed by atoms with Gasteiger partial charge in [-0.15, -0.1) is 0 Å². The van der Waals surface area contributed by atoms with E-state index in [9.17, 15) is 9.59 Å². The molecule has 7 nitrogen and oxygen atoms in total. The summed E-state index contributed by atoms with van der Waals surface area (Å²) in [7, 11) is 1.27. The van der Waals surface area contributed by atoms with Gasteiger partial charge in [0.2, 0.25) is 0 Å². The van der Waals surface area contributed by atoms with E-state index in [1.165, 1.54) is 22.6 Å². The first-order valence-corrected chi connectivity index (χ1v) is 6.48. The molecule has 0 aliphatic carbocycles. The molecule has 2 heterocycles. The maximum Gasteiger partial charge on any atom is 0.331 e. The third-order valence-corrected chi connectivity index (χ3v) is 3.36. The highest BCUT2D eigenvalue weighted by Crippen LogP contribution is 2.23. The molecule has 0 saturated heterocycles. The van der Waals surface area contributed by atoms with Crippen LogP contribution in [-0.2, 0) is 9.53 Å². The molecular weight excluding hydrogens is 284 g/mol. The zero-order valence-electron chi connectivity index (χ0n) is 11.6. The predicted octanol–water partition coefficient (Wildman–Crippen LogP) is 1.56. The maximum atomic E-state index is 12.5. The second-order valence-corrected chi connectivity index (χ2v) is 5.01. The highest BCUT2D eigenvalue weighted by atomic mass is 35.5. The molecule has 0 radical (unpaired) electrons. The topological polar surface area (TPSA) is 79.0 Å². The smallest absolute Gasteiger partial charge is 0.331 e. The number of ether oxygens (including phenoxy) is 1. The molecular formula is C12H15ClN4O3. The summed E-state index contributed by atoms with van der Waals surface area (Å²) in [6.07, 6.45) is 1.29. The normalized spacial score (nSPS) is 12.9. The standard InChI is InChI=1S/C12H15ClN4O3/c1-6(2)16-10-8(9(13)14-5-15-10)17(12(16)19)7(3)11(18)20-4/h5-7H,1-4H3. The molecule has 0 amide bonds. The molecule has 1 unspecified atom stereocenters.